The molecule has 6 heteroatoms. The van der Waals surface area contributed by atoms with Crippen LogP contribution < -0.4 is 22.1 Å². The highest BCUT2D eigenvalue weighted by atomic mass is 16.2. The smallest absolute Gasteiger partial charge is 0.316 e. The molecule has 6 nitrogen and oxygen atoms in total. The van der Waals surface area contributed by atoms with Gasteiger partial charge in [-0.15, -0.1) is 0 Å². The minimum absolute atomic E-state index is 0.0741. The van der Waals surface area contributed by atoms with Crippen molar-refractivity contribution in [2.75, 3.05) is 10.6 Å². The quantitative estimate of drug-likeness (QED) is 0.682. The maximum atomic E-state index is 12.1. The summed E-state index contributed by atoms with van der Waals surface area (Å²) in [6.07, 6.45) is 5.54. The Balaban J connectivity index is 1.88. The molecule has 0 heterocycles. The van der Waals surface area contributed by atoms with E-state index in [1.165, 1.54) is 6.42 Å². The Morgan fingerprint density at radius 2 is 1.52 bits per heavy atom. The van der Waals surface area contributed by atoms with Gasteiger partial charge in [0.1, 0.15) is 0 Å². The van der Waals surface area contributed by atoms with Crippen molar-refractivity contribution in [1.82, 2.24) is 0 Å². The second-order valence-electron chi connectivity index (χ2n) is 5.71. The lowest BCUT2D eigenvalue weighted by atomic mass is 9.80. The number of urea groups is 1. The molecule has 1 aromatic carbocycles. The van der Waals surface area contributed by atoms with Gasteiger partial charge in [0.15, 0.2) is 0 Å². The summed E-state index contributed by atoms with van der Waals surface area (Å²) in [5, 5.41) is 5.30. The van der Waals surface area contributed by atoms with Gasteiger partial charge in [0.25, 0.3) is 0 Å². The fourth-order valence-corrected chi connectivity index (χ4v) is 2.74. The van der Waals surface area contributed by atoms with Crippen LogP contribution in [0.1, 0.15) is 38.5 Å². The number of amides is 3. The zero-order valence-corrected chi connectivity index (χ0v) is 12.0. The second kappa shape index (κ2) is 6.58. The van der Waals surface area contributed by atoms with Crippen molar-refractivity contribution in [1.29, 1.82) is 0 Å². The van der Waals surface area contributed by atoms with Gasteiger partial charge in [-0.2, -0.15) is 0 Å². The SMILES string of the molecule is NC(=O)Nc1ccc(NC(=O)CC2(N)CCCCC2)cc1. The minimum Gasteiger partial charge on any atom is -0.351 e. The zero-order valence-electron chi connectivity index (χ0n) is 12.0. The van der Waals surface area contributed by atoms with Crippen LogP contribution in [-0.4, -0.2) is 17.5 Å². The third-order valence-electron chi connectivity index (χ3n) is 3.80. The van der Waals surface area contributed by atoms with E-state index >= 15 is 0 Å². The first-order valence-electron chi connectivity index (χ1n) is 7.22. The number of carbonyl (C=O) groups is 2. The van der Waals surface area contributed by atoms with E-state index in [-0.39, 0.29) is 11.4 Å². The highest BCUT2D eigenvalue weighted by Crippen LogP contribution is 2.29. The van der Waals surface area contributed by atoms with Crippen LogP contribution in [0.25, 0.3) is 0 Å². The van der Waals surface area contributed by atoms with Gasteiger partial charge in [0, 0.05) is 23.3 Å². The van der Waals surface area contributed by atoms with Crippen molar-refractivity contribution in [2.24, 2.45) is 11.5 Å². The molecule has 1 fully saturated rings. The first-order valence-corrected chi connectivity index (χ1v) is 7.22. The highest BCUT2D eigenvalue weighted by molar-refractivity contribution is 5.92. The van der Waals surface area contributed by atoms with E-state index in [9.17, 15) is 9.59 Å². The van der Waals surface area contributed by atoms with E-state index in [1.807, 2.05) is 0 Å². The number of hydrogen-bond acceptors (Lipinski definition) is 3. The van der Waals surface area contributed by atoms with Gasteiger partial charge in [0.2, 0.25) is 5.91 Å². The van der Waals surface area contributed by atoms with Gasteiger partial charge in [0.05, 0.1) is 0 Å². The molecule has 0 bridgehead atoms. The van der Waals surface area contributed by atoms with Crippen molar-refractivity contribution in [2.45, 2.75) is 44.1 Å². The Morgan fingerprint density at radius 3 is 2.05 bits per heavy atom. The molecule has 0 aliphatic heterocycles. The lowest BCUT2D eigenvalue weighted by Crippen LogP contribution is -2.44. The maximum Gasteiger partial charge on any atom is 0.316 e. The van der Waals surface area contributed by atoms with Gasteiger partial charge in [-0.05, 0) is 37.1 Å². The number of hydrogen-bond donors (Lipinski definition) is 4. The van der Waals surface area contributed by atoms with Crippen LogP contribution in [0, 0.1) is 0 Å². The molecule has 1 aromatic rings. The largest absolute Gasteiger partial charge is 0.351 e. The number of anilines is 2. The third-order valence-corrected chi connectivity index (χ3v) is 3.80. The third kappa shape index (κ3) is 4.75. The summed E-state index contributed by atoms with van der Waals surface area (Å²) < 4.78 is 0. The molecule has 0 saturated heterocycles. The Morgan fingerprint density at radius 1 is 1.00 bits per heavy atom. The summed E-state index contributed by atoms with van der Waals surface area (Å²) in [5.74, 6) is -0.0741. The molecule has 1 aliphatic carbocycles. The fraction of sp³-hybridized carbons (Fsp3) is 0.467. The molecule has 114 valence electrons. The predicted molar refractivity (Wildman–Crippen MR) is 82.9 cm³/mol. The standard InChI is InChI=1S/C15H22N4O2/c16-14(21)19-12-6-4-11(5-7-12)18-13(20)10-15(17)8-2-1-3-9-15/h4-7H,1-3,8-10,17H2,(H,18,20)(H3,16,19,21). The first kappa shape index (κ1) is 15.3. The number of nitrogens with two attached hydrogens (primary N) is 2. The normalized spacial score (nSPS) is 17.0. The van der Waals surface area contributed by atoms with Crippen molar-refractivity contribution in [3.05, 3.63) is 24.3 Å². The molecule has 0 aromatic heterocycles. The van der Waals surface area contributed by atoms with Gasteiger partial charge in [-0.25, -0.2) is 4.79 Å². The number of carbonyl (C=O) groups excluding carboxylic acids is 2. The Bertz CT molecular complexity index is 507. The molecule has 1 saturated carbocycles. The van der Waals surface area contributed by atoms with Crippen molar-refractivity contribution >= 4 is 23.3 Å². The lowest BCUT2D eigenvalue weighted by molar-refractivity contribution is -0.117. The molecule has 21 heavy (non-hydrogen) atoms. The minimum atomic E-state index is -0.617. The molecule has 0 unspecified atom stereocenters. The number of rotatable bonds is 4. The van der Waals surface area contributed by atoms with E-state index < -0.39 is 6.03 Å². The van der Waals surface area contributed by atoms with E-state index in [1.54, 1.807) is 24.3 Å². The fourth-order valence-electron chi connectivity index (χ4n) is 2.74. The van der Waals surface area contributed by atoms with Crippen LogP contribution in [-0.2, 0) is 4.79 Å². The van der Waals surface area contributed by atoms with E-state index in [2.05, 4.69) is 10.6 Å². The lowest BCUT2D eigenvalue weighted by Gasteiger charge is -2.32. The first-order chi connectivity index (χ1) is 9.97. The molecular weight excluding hydrogens is 268 g/mol. The molecule has 3 amide bonds. The summed E-state index contributed by atoms with van der Waals surface area (Å²) in [4.78, 5) is 22.8. The predicted octanol–water partition coefficient (Wildman–Crippen LogP) is 2.17. The number of nitrogens with one attached hydrogen (secondary N) is 2. The van der Waals surface area contributed by atoms with E-state index in [0.717, 1.165) is 25.7 Å². The number of primary amides is 1. The maximum absolute atomic E-state index is 12.1. The molecular formula is C15H22N4O2. The molecule has 0 atom stereocenters. The summed E-state index contributed by atoms with van der Waals surface area (Å²) in [5.41, 5.74) is 12.2. The van der Waals surface area contributed by atoms with Crippen LogP contribution >= 0.6 is 0 Å². The van der Waals surface area contributed by atoms with E-state index in [0.29, 0.717) is 17.8 Å². The van der Waals surface area contributed by atoms with Crippen LogP contribution in [0.5, 0.6) is 0 Å². The topological polar surface area (TPSA) is 110 Å². The zero-order chi connectivity index (χ0) is 15.3. The molecule has 6 N–H and O–H groups in total. The van der Waals surface area contributed by atoms with Crippen molar-refractivity contribution < 1.29 is 9.59 Å². The Kier molecular flexibility index (Phi) is 4.80. The monoisotopic (exact) mass is 290 g/mol. The molecule has 0 spiro atoms. The second-order valence-corrected chi connectivity index (χ2v) is 5.71. The average Bonchev–Trinajstić information content (AvgIpc) is 2.40. The number of benzene rings is 1. The van der Waals surface area contributed by atoms with Gasteiger partial charge in [-0.1, -0.05) is 19.3 Å². The average molecular weight is 290 g/mol. The summed E-state index contributed by atoms with van der Waals surface area (Å²) in [6, 6.07) is 6.17. The van der Waals surface area contributed by atoms with Gasteiger partial charge < -0.3 is 22.1 Å². The van der Waals surface area contributed by atoms with E-state index in [4.69, 9.17) is 11.5 Å². The summed E-state index contributed by atoms with van der Waals surface area (Å²) in [7, 11) is 0. The highest BCUT2D eigenvalue weighted by Gasteiger charge is 2.29. The van der Waals surface area contributed by atoms with Crippen LogP contribution in [0.15, 0.2) is 24.3 Å². The van der Waals surface area contributed by atoms with Gasteiger partial charge in [-0.3, -0.25) is 4.79 Å². The van der Waals surface area contributed by atoms with Gasteiger partial charge >= 0.3 is 6.03 Å². The van der Waals surface area contributed by atoms with Crippen LogP contribution in [0.2, 0.25) is 0 Å². The van der Waals surface area contributed by atoms with Crippen molar-refractivity contribution in [3.8, 4) is 0 Å². The van der Waals surface area contributed by atoms with Crippen LogP contribution in [0.3, 0.4) is 0 Å². The Labute approximate surface area is 124 Å². The molecule has 0 radical (unpaired) electrons. The molecule has 1 aliphatic rings. The summed E-state index contributed by atoms with van der Waals surface area (Å²) in [6.45, 7) is 0. The summed E-state index contributed by atoms with van der Waals surface area (Å²) >= 11 is 0. The van der Waals surface area contributed by atoms with Crippen molar-refractivity contribution in [3.63, 3.8) is 0 Å². The van der Waals surface area contributed by atoms with Crippen LogP contribution in [0.4, 0.5) is 16.2 Å². The molecule has 2 rings (SSSR count). The Hall–Kier alpha value is -2.08.